The molecule has 0 bridgehead atoms. The van der Waals surface area contributed by atoms with Crippen molar-refractivity contribution in [3.05, 3.63) is 47.6 Å². The van der Waals surface area contributed by atoms with Crippen molar-refractivity contribution in [3.8, 4) is 12.1 Å². The van der Waals surface area contributed by atoms with Crippen LogP contribution >= 0.6 is 0 Å². The van der Waals surface area contributed by atoms with Crippen LogP contribution in [0.2, 0.25) is 0 Å². The maximum absolute atomic E-state index is 11.5. The van der Waals surface area contributed by atoms with Crippen LogP contribution in [0.4, 0.5) is 0 Å². The number of ether oxygens (including phenoxy) is 2. The number of allylic oxidation sites excluding steroid dienone is 6. The third kappa shape index (κ3) is 7.46. The maximum atomic E-state index is 11.5. The first-order valence-electron chi connectivity index (χ1n) is 6.41. The SMILES string of the molecule is CC=CC=C(C#N)C(=O)OCCOC(=O)C(C#N)=CC=CC. The van der Waals surface area contributed by atoms with Gasteiger partial charge in [-0.05, 0) is 26.0 Å². The zero-order chi connectivity index (χ0) is 16.8. The first kappa shape index (κ1) is 18.9. The topological polar surface area (TPSA) is 100 Å². The van der Waals surface area contributed by atoms with E-state index in [0.717, 1.165) is 0 Å². The van der Waals surface area contributed by atoms with Gasteiger partial charge in [0.1, 0.15) is 36.5 Å². The van der Waals surface area contributed by atoms with Crippen molar-refractivity contribution in [1.29, 1.82) is 10.5 Å². The van der Waals surface area contributed by atoms with Crippen LogP contribution in [0.1, 0.15) is 13.8 Å². The Labute approximate surface area is 129 Å². The molecule has 0 saturated carbocycles. The van der Waals surface area contributed by atoms with Crippen LogP contribution in [-0.4, -0.2) is 25.2 Å². The van der Waals surface area contributed by atoms with Gasteiger partial charge in [0.15, 0.2) is 0 Å². The van der Waals surface area contributed by atoms with Crippen LogP contribution in [0.15, 0.2) is 47.6 Å². The van der Waals surface area contributed by atoms with E-state index in [4.69, 9.17) is 20.0 Å². The van der Waals surface area contributed by atoms with Gasteiger partial charge in [-0.2, -0.15) is 10.5 Å². The number of carbonyl (C=O) groups is 2. The largest absolute Gasteiger partial charge is 0.458 e. The average Bonchev–Trinajstić information content (AvgIpc) is 2.53. The number of carbonyl (C=O) groups excluding carboxylic acids is 2. The second kappa shape index (κ2) is 11.7. The van der Waals surface area contributed by atoms with Crippen LogP contribution in [0, 0.1) is 22.7 Å². The normalized spacial score (nSPS) is 12.0. The Morgan fingerprint density at radius 2 is 1.23 bits per heavy atom. The van der Waals surface area contributed by atoms with Crippen LogP contribution < -0.4 is 0 Å². The molecule has 114 valence electrons. The lowest BCUT2D eigenvalue weighted by molar-refractivity contribution is -0.146. The third-order valence-electron chi connectivity index (χ3n) is 2.14. The first-order valence-corrected chi connectivity index (χ1v) is 6.41. The molecule has 0 aliphatic rings. The van der Waals surface area contributed by atoms with Gasteiger partial charge in [0, 0.05) is 0 Å². The summed E-state index contributed by atoms with van der Waals surface area (Å²) < 4.78 is 9.56. The Kier molecular flexibility index (Phi) is 10.0. The highest BCUT2D eigenvalue weighted by atomic mass is 16.6. The summed E-state index contributed by atoms with van der Waals surface area (Å²) in [6.45, 7) is 3.07. The van der Waals surface area contributed by atoms with Gasteiger partial charge >= 0.3 is 11.9 Å². The Balaban J connectivity index is 4.34. The zero-order valence-electron chi connectivity index (χ0n) is 12.4. The molecule has 0 saturated heterocycles. The quantitative estimate of drug-likeness (QED) is 0.235. The summed E-state index contributed by atoms with van der Waals surface area (Å²) in [4.78, 5) is 23.0. The Bertz CT molecular complexity index is 545. The summed E-state index contributed by atoms with van der Waals surface area (Å²) in [5.74, 6) is -1.61. The van der Waals surface area contributed by atoms with Gasteiger partial charge in [-0.3, -0.25) is 0 Å². The van der Waals surface area contributed by atoms with E-state index in [2.05, 4.69) is 0 Å². The van der Waals surface area contributed by atoms with E-state index in [9.17, 15) is 9.59 Å². The van der Waals surface area contributed by atoms with E-state index in [1.54, 1.807) is 38.1 Å². The highest BCUT2D eigenvalue weighted by molar-refractivity contribution is 5.93. The van der Waals surface area contributed by atoms with Crippen molar-refractivity contribution in [1.82, 2.24) is 0 Å². The molecule has 0 rings (SSSR count). The second-order valence-electron chi connectivity index (χ2n) is 3.71. The minimum Gasteiger partial charge on any atom is -0.458 e. The number of esters is 2. The molecular formula is C16H16N2O4. The number of nitriles is 2. The summed E-state index contributed by atoms with van der Waals surface area (Å²) in [6, 6.07) is 3.41. The zero-order valence-corrected chi connectivity index (χ0v) is 12.4. The molecule has 0 aromatic rings. The average molecular weight is 300 g/mol. The molecule has 0 spiro atoms. The van der Waals surface area contributed by atoms with Crippen molar-refractivity contribution >= 4 is 11.9 Å². The molecule has 0 heterocycles. The summed E-state index contributed by atoms with van der Waals surface area (Å²) in [5.41, 5.74) is -0.315. The van der Waals surface area contributed by atoms with Crippen molar-refractivity contribution in [2.75, 3.05) is 13.2 Å². The van der Waals surface area contributed by atoms with E-state index in [-0.39, 0.29) is 24.4 Å². The minimum atomic E-state index is -0.804. The number of nitrogens with zero attached hydrogens (tertiary/aromatic N) is 2. The van der Waals surface area contributed by atoms with Crippen LogP contribution in [0.25, 0.3) is 0 Å². The van der Waals surface area contributed by atoms with Crippen LogP contribution in [0.3, 0.4) is 0 Å². The molecule has 0 aromatic heterocycles. The Morgan fingerprint density at radius 3 is 1.50 bits per heavy atom. The molecule has 0 N–H and O–H groups in total. The number of hydrogen-bond donors (Lipinski definition) is 0. The fourth-order valence-corrected chi connectivity index (χ4v) is 1.11. The lowest BCUT2D eigenvalue weighted by Crippen LogP contribution is -2.15. The van der Waals surface area contributed by atoms with Gasteiger partial charge < -0.3 is 9.47 Å². The smallest absolute Gasteiger partial charge is 0.349 e. The maximum Gasteiger partial charge on any atom is 0.349 e. The molecule has 0 amide bonds. The third-order valence-corrected chi connectivity index (χ3v) is 2.14. The monoisotopic (exact) mass is 300 g/mol. The Hall–Kier alpha value is -3.12. The molecule has 0 atom stereocenters. The van der Waals surface area contributed by atoms with Crippen molar-refractivity contribution in [2.24, 2.45) is 0 Å². The van der Waals surface area contributed by atoms with E-state index in [1.807, 2.05) is 0 Å². The first-order chi connectivity index (χ1) is 10.6. The van der Waals surface area contributed by atoms with E-state index >= 15 is 0 Å². The van der Waals surface area contributed by atoms with Crippen molar-refractivity contribution in [3.63, 3.8) is 0 Å². The standard InChI is InChI=1S/C16H16N2O4/c1-3-5-7-13(11-17)15(19)21-9-10-22-16(20)14(12-18)8-6-4-2/h3-8H,9-10H2,1-2H3. The summed E-state index contributed by atoms with van der Waals surface area (Å²) in [7, 11) is 0. The van der Waals surface area contributed by atoms with E-state index in [0.29, 0.717) is 0 Å². The van der Waals surface area contributed by atoms with Gasteiger partial charge in [0.05, 0.1) is 0 Å². The molecule has 0 aliphatic heterocycles. The summed E-state index contributed by atoms with van der Waals surface area (Å²) >= 11 is 0. The number of hydrogen-bond acceptors (Lipinski definition) is 6. The highest BCUT2D eigenvalue weighted by Gasteiger charge is 2.12. The highest BCUT2D eigenvalue weighted by Crippen LogP contribution is 2.00. The molecule has 0 aliphatic carbocycles. The molecule has 6 heteroatoms. The van der Waals surface area contributed by atoms with Gasteiger partial charge in [0.25, 0.3) is 0 Å². The number of rotatable bonds is 7. The van der Waals surface area contributed by atoms with Gasteiger partial charge in [0.2, 0.25) is 0 Å². The lowest BCUT2D eigenvalue weighted by atomic mass is 10.2. The Morgan fingerprint density at radius 1 is 0.864 bits per heavy atom. The fourth-order valence-electron chi connectivity index (χ4n) is 1.11. The molecule has 0 radical (unpaired) electrons. The summed E-state index contributed by atoms with van der Waals surface area (Å²) in [6.07, 6.45) is 9.03. The molecule has 0 aromatic carbocycles. The van der Waals surface area contributed by atoms with Crippen LogP contribution in [0.5, 0.6) is 0 Å². The molecule has 0 unspecified atom stereocenters. The fraction of sp³-hybridized carbons (Fsp3) is 0.250. The van der Waals surface area contributed by atoms with Gasteiger partial charge in [-0.15, -0.1) is 0 Å². The van der Waals surface area contributed by atoms with Crippen molar-refractivity contribution in [2.45, 2.75) is 13.8 Å². The predicted molar refractivity (Wildman–Crippen MR) is 78.9 cm³/mol. The molecule has 0 fully saturated rings. The van der Waals surface area contributed by atoms with Gasteiger partial charge in [-0.25, -0.2) is 9.59 Å². The predicted octanol–water partition coefficient (Wildman–Crippen LogP) is 2.12. The lowest BCUT2D eigenvalue weighted by Gasteiger charge is -2.05. The van der Waals surface area contributed by atoms with Gasteiger partial charge in [-0.1, -0.05) is 24.3 Å². The molecular weight excluding hydrogens is 284 g/mol. The van der Waals surface area contributed by atoms with E-state index < -0.39 is 11.9 Å². The summed E-state index contributed by atoms with van der Waals surface area (Å²) in [5, 5.41) is 17.5. The minimum absolute atomic E-state index is 0.157. The molecule has 22 heavy (non-hydrogen) atoms. The van der Waals surface area contributed by atoms with E-state index in [1.165, 1.54) is 24.3 Å². The van der Waals surface area contributed by atoms with Crippen LogP contribution in [-0.2, 0) is 19.1 Å². The second-order valence-corrected chi connectivity index (χ2v) is 3.71. The molecule has 6 nitrogen and oxygen atoms in total. The van der Waals surface area contributed by atoms with Crippen molar-refractivity contribution < 1.29 is 19.1 Å².